The van der Waals surface area contributed by atoms with Gasteiger partial charge in [0.2, 0.25) is 0 Å². The molecule has 13 heteroatoms. The second-order valence-electron chi connectivity index (χ2n) is 8.68. The number of benzene rings is 1. The Morgan fingerprint density at radius 3 is 2.58 bits per heavy atom. The number of aliphatic hydroxyl groups is 1. The van der Waals surface area contributed by atoms with Gasteiger partial charge in [0, 0.05) is 42.7 Å². The highest BCUT2D eigenvalue weighted by Crippen LogP contribution is 2.29. The highest BCUT2D eigenvalue weighted by atomic mass is 35.5. The first-order valence-corrected chi connectivity index (χ1v) is 11.6. The van der Waals surface area contributed by atoms with E-state index in [-0.39, 0.29) is 61.5 Å². The molecule has 2 atom stereocenters. The van der Waals surface area contributed by atoms with Crippen molar-refractivity contribution in [3.63, 3.8) is 0 Å². The summed E-state index contributed by atoms with van der Waals surface area (Å²) in [7, 11) is 1.59. The van der Waals surface area contributed by atoms with Crippen molar-refractivity contribution in [1.29, 1.82) is 0 Å². The van der Waals surface area contributed by atoms with Crippen molar-refractivity contribution in [2.24, 2.45) is 0 Å². The molecule has 1 fully saturated rings. The molecular weight excluding hydrogens is 581 g/mol. The Morgan fingerprint density at radius 1 is 1.08 bits per heavy atom. The number of nitrogens with one attached hydrogen (secondary N) is 1. The highest BCUT2D eigenvalue weighted by molar-refractivity contribution is 5.86. The number of likely N-dealkylation sites (tertiary alicyclic amines) is 1. The molecule has 0 radical (unpaired) electrons. The molecule has 8 nitrogen and oxygen atoms in total. The lowest BCUT2D eigenvalue weighted by molar-refractivity contribution is 0.0402. The minimum Gasteiger partial charge on any atom is -0.497 e. The monoisotopic (exact) mass is 612 g/mol. The fourth-order valence-electron chi connectivity index (χ4n) is 4.61. The fraction of sp³-hybridized carbons (Fsp3) is 0.440. The molecule has 212 valence electrons. The van der Waals surface area contributed by atoms with Crippen molar-refractivity contribution >= 4 is 60.5 Å². The molecule has 2 aliphatic rings. The Morgan fingerprint density at radius 2 is 1.84 bits per heavy atom. The van der Waals surface area contributed by atoms with E-state index in [0.717, 1.165) is 29.6 Å². The highest BCUT2D eigenvalue weighted by Gasteiger charge is 2.27. The molecule has 0 saturated carbocycles. The van der Waals surface area contributed by atoms with Crippen molar-refractivity contribution < 1.29 is 23.7 Å². The topological polar surface area (TPSA) is 89.0 Å². The maximum absolute atomic E-state index is 14.6. The average molecular weight is 614 g/mol. The molecule has 0 unspecified atom stereocenters. The third-order valence-corrected chi connectivity index (χ3v) is 6.51. The van der Waals surface area contributed by atoms with E-state index < -0.39 is 6.10 Å². The number of rotatable bonds is 7. The second-order valence-corrected chi connectivity index (χ2v) is 8.68. The van der Waals surface area contributed by atoms with Crippen molar-refractivity contribution in [2.75, 3.05) is 40.0 Å². The maximum Gasteiger partial charge on any atom is 0.179 e. The zero-order valence-corrected chi connectivity index (χ0v) is 24.1. The lowest BCUT2D eigenvalue weighted by atomic mass is 10.00. The van der Waals surface area contributed by atoms with Crippen LogP contribution in [0.4, 0.5) is 4.39 Å². The van der Waals surface area contributed by atoms with Gasteiger partial charge in [-0.2, -0.15) is 0 Å². The number of nitrogens with zero attached hydrogens (tertiary/aromatic N) is 3. The Kier molecular flexibility index (Phi) is 14.1. The molecule has 1 aromatic carbocycles. The maximum atomic E-state index is 14.6. The van der Waals surface area contributed by atoms with Crippen molar-refractivity contribution in [1.82, 2.24) is 20.2 Å². The van der Waals surface area contributed by atoms with E-state index in [1.54, 1.807) is 13.3 Å². The van der Waals surface area contributed by atoms with Gasteiger partial charge in [0.25, 0.3) is 0 Å². The van der Waals surface area contributed by atoms with Gasteiger partial charge in [0.1, 0.15) is 24.8 Å². The SMILES string of the molecule is COc1ccc2ncc(F)c(CCN3CC[C@@H](NCc4cc5c(cn4)OCCO5)[C@@H](O)C3)c2c1.Cl.Cl.Cl.Cl. The molecule has 2 aliphatic heterocycles. The van der Waals surface area contributed by atoms with Crippen LogP contribution in [0.5, 0.6) is 17.2 Å². The number of piperidine rings is 1. The fourth-order valence-corrected chi connectivity index (χ4v) is 4.61. The van der Waals surface area contributed by atoms with Crippen LogP contribution >= 0.6 is 49.6 Å². The Balaban J connectivity index is 0.00000180. The van der Waals surface area contributed by atoms with Crippen LogP contribution in [0.2, 0.25) is 0 Å². The summed E-state index contributed by atoms with van der Waals surface area (Å²) >= 11 is 0. The smallest absolute Gasteiger partial charge is 0.179 e. The van der Waals surface area contributed by atoms with Crippen LogP contribution in [0.15, 0.2) is 36.7 Å². The molecule has 2 aromatic heterocycles. The standard InChI is InChI=1S/C25H29FN4O4.4ClH/c1-32-17-2-3-21-19(11-17)18(20(26)13-29-21)4-6-30-7-5-22(23(31)15-30)28-12-16-10-24-25(14-27-16)34-9-8-33-24;;;;/h2-3,10-11,13-14,22-23,28,31H,4-9,12,15H2,1H3;4*1H/t22-,23+;;;;/m1..../s1. The largest absolute Gasteiger partial charge is 0.497 e. The summed E-state index contributed by atoms with van der Waals surface area (Å²) in [5, 5.41) is 14.9. The van der Waals surface area contributed by atoms with E-state index in [4.69, 9.17) is 14.2 Å². The van der Waals surface area contributed by atoms with E-state index in [1.807, 2.05) is 24.3 Å². The number of β-amino-alcohol motifs (C(OH)–C–C–N with tert-alkyl or cyclic N) is 1. The number of methoxy groups -OCH3 is 1. The zero-order valence-electron chi connectivity index (χ0n) is 20.8. The summed E-state index contributed by atoms with van der Waals surface area (Å²) in [6.45, 7) is 3.61. The predicted octanol–water partition coefficient (Wildman–Crippen LogP) is 4.00. The van der Waals surface area contributed by atoms with Gasteiger partial charge in [0.05, 0.1) is 36.8 Å². The van der Waals surface area contributed by atoms with E-state index in [1.165, 1.54) is 6.20 Å². The number of aromatic nitrogens is 2. The van der Waals surface area contributed by atoms with E-state index in [9.17, 15) is 9.50 Å². The van der Waals surface area contributed by atoms with Crippen molar-refractivity contribution in [3.8, 4) is 17.2 Å². The van der Waals surface area contributed by atoms with Gasteiger partial charge in [-0.3, -0.25) is 9.97 Å². The van der Waals surface area contributed by atoms with Crippen LogP contribution in [-0.4, -0.2) is 72.1 Å². The van der Waals surface area contributed by atoms with Crippen LogP contribution in [0.3, 0.4) is 0 Å². The van der Waals surface area contributed by atoms with Crippen molar-refractivity contribution in [3.05, 3.63) is 53.7 Å². The number of ether oxygens (including phenoxy) is 3. The zero-order chi connectivity index (χ0) is 23.5. The second kappa shape index (κ2) is 15.7. The third kappa shape index (κ3) is 7.85. The Bertz CT molecular complexity index is 1180. The van der Waals surface area contributed by atoms with E-state index in [2.05, 4.69) is 20.2 Å². The van der Waals surface area contributed by atoms with Crippen LogP contribution in [0, 0.1) is 5.82 Å². The Hall–Kier alpha value is -1.85. The lowest BCUT2D eigenvalue weighted by Crippen LogP contribution is -2.52. The number of aliphatic hydroxyl groups excluding tert-OH is 1. The van der Waals surface area contributed by atoms with Gasteiger partial charge >= 0.3 is 0 Å². The first-order valence-electron chi connectivity index (χ1n) is 11.6. The third-order valence-electron chi connectivity index (χ3n) is 6.51. The van der Waals surface area contributed by atoms with Crippen LogP contribution in [-0.2, 0) is 13.0 Å². The first kappa shape index (κ1) is 34.2. The van der Waals surface area contributed by atoms with Gasteiger partial charge in [-0.25, -0.2) is 4.39 Å². The number of hydrogen-bond donors (Lipinski definition) is 2. The number of halogens is 5. The molecule has 3 aromatic rings. The van der Waals surface area contributed by atoms with Gasteiger partial charge in [-0.15, -0.1) is 49.6 Å². The molecule has 0 bridgehead atoms. The van der Waals surface area contributed by atoms with Crippen LogP contribution < -0.4 is 19.5 Å². The summed E-state index contributed by atoms with van der Waals surface area (Å²) in [6.07, 6.45) is 3.76. The van der Waals surface area contributed by atoms with Crippen LogP contribution in [0.1, 0.15) is 17.7 Å². The Labute approximate surface area is 246 Å². The molecule has 38 heavy (non-hydrogen) atoms. The molecule has 0 amide bonds. The minimum atomic E-state index is -0.523. The van der Waals surface area contributed by atoms with Crippen LogP contribution in [0.25, 0.3) is 10.9 Å². The van der Waals surface area contributed by atoms with E-state index >= 15 is 0 Å². The van der Waals surface area contributed by atoms with E-state index in [0.29, 0.717) is 62.1 Å². The van der Waals surface area contributed by atoms with Gasteiger partial charge in [0.15, 0.2) is 11.5 Å². The summed E-state index contributed by atoms with van der Waals surface area (Å²) < 4.78 is 31.0. The molecule has 4 heterocycles. The summed E-state index contributed by atoms with van der Waals surface area (Å²) in [5.41, 5.74) is 2.21. The summed E-state index contributed by atoms with van der Waals surface area (Å²) in [4.78, 5) is 10.8. The summed E-state index contributed by atoms with van der Waals surface area (Å²) in [6, 6.07) is 7.35. The molecule has 5 rings (SSSR count). The average Bonchev–Trinajstić information content (AvgIpc) is 2.87. The molecule has 2 N–H and O–H groups in total. The molecular formula is C25H33Cl4FN4O4. The number of hydrogen-bond acceptors (Lipinski definition) is 8. The first-order chi connectivity index (χ1) is 16.6. The quantitative estimate of drug-likeness (QED) is 0.413. The predicted molar refractivity (Wildman–Crippen MR) is 154 cm³/mol. The number of fused-ring (bicyclic) bond motifs is 2. The van der Waals surface area contributed by atoms with Gasteiger partial charge in [-0.1, -0.05) is 0 Å². The van der Waals surface area contributed by atoms with Gasteiger partial charge in [-0.05, 0) is 37.6 Å². The molecule has 1 saturated heterocycles. The minimum absolute atomic E-state index is 0. The number of pyridine rings is 2. The van der Waals surface area contributed by atoms with Crippen molar-refractivity contribution in [2.45, 2.75) is 31.5 Å². The van der Waals surface area contributed by atoms with Gasteiger partial charge < -0.3 is 29.5 Å². The lowest BCUT2D eigenvalue weighted by Gasteiger charge is -2.36. The summed E-state index contributed by atoms with van der Waals surface area (Å²) in [5.74, 6) is 1.74. The molecule has 0 spiro atoms. The molecule has 0 aliphatic carbocycles. The normalized spacial score (nSPS) is 18.3.